The Bertz CT molecular complexity index is 686. The molecule has 134 valence electrons. The molecule has 0 saturated heterocycles. The Morgan fingerprint density at radius 3 is 2.64 bits per heavy atom. The van der Waals surface area contributed by atoms with Crippen LogP contribution in [0.25, 0.3) is 11.4 Å². The SMILES string of the molecule is O=C(CSc1nccc(-c2ccccn2)n1)OCCOCC(F)(F)F. The van der Waals surface area contributed by atoms with Gasteiger partial charge in [0.25, 0.3) is 0 Å². The maximum Gasteiger partial charge on any atom is 0.411 e. The molecule has 0 aromatic carbocycles. The zero-order valence-corrected chi connectivity index (χ0v) is 13.7. The summed E-state index contributed by atoms with van der Waals surface area (Å²) in [6.07, 6.45) is -1.20. The number of ether oxygens (including phenoxy) is 2. The van der Waals surface area contributed by atoms with Crippen LogP contribution in [0.5, 0.6) is 0 Å². The molecule has 0 fully saturated rings. The van der Waals surface area contributed by atoms with Gasteiger partial charge in [0.1, 0.15) is 13.2 Å². The third-order valence-corrected chi connectivity index (χ3v) is 3.47. The van der Waals surface area contributed by atoms with Crippen molar-refractivity contribution in [2.45, 2.75) is 11.3 Å². The number of rotatable bonds is 8. The molecule has 6 nitrogen and oxygen atoms in total. The summed E-state index contributed by atoms with van der Waals surface area (Å²) >= 11 is 1.06. The molecule has 0 aliphatic rings. The van der Waals surface area contributed by atoms with Gasteiger partial charge in [-0.2, -0.15) is 13.2 Å². The molecule has 0 unspecified atom stereocenters. The van der Waals surface area contributed by atoms with E-state index in [0.29, 0.717) is 16.5 Å². The van der Waals surface area contributed by atoms with E-state index in [1.165, 1.54) is 0 Å². The van der Waals surface area contributed by atoms with Gasteiger partial charge in [-0.25, -0.2) is 9.97 Å². The molecule has 10 heteroatoms. The minimum absolute atomic E-state index is 0.0645. The van der Waals surface area contributed by atoms with Crippen molar-refractivity contribution in [2.24, 2.45) is 0 Å². The maximum atomic E-state index is 11.9. The molecule has 0 radical (unpaired) electrons. The van der Waals surface area contributed by atoms with Gasteiger partial charge >= 0.3 is 12.1 Å². The van der Waals surface area contributed by atoms with E-state index in [1.54, 1.807) is 30.6 Å². The second-order valence-corrected chi connectivity index (χ2v) is 5.56. The highest BCUT2D eigenvalue weighted by Gasteiger charge is 2.27. The molecule has 2 heterocycles. The van der Waals surface area contributed by atoms with Crippen LogP contribution in [0.2, 0.25) is 0 Å². The topological polar surface area (TPSA) is 74.2 Å². The van der Waals surface area contributed by atoms with Crippen molar-refractivity contribution in [3.8, 4) is 11.4 Å². The monoisotopic (exact) mass is 373 g/mol. The van der Waals surface area contributed by atoms with E-state index in [4.69, 9.17) is 4.74 Å². The standard InChI is InChI=1S/C15H14F3N3O3S/c16-15(17,18)10-23-7-8-24-13(22)9-25-14-20-6-4-12(21-14)11-3-1-2-5-19-11/h1-6H,7-10H2. The Hall–Kier alpha value is -2.20. The summed E-state index contributed by atoms with van der Waals surface area (Å²) in [7, 11) is 0. The summed E-state index contributed by atoms with van der Waals surface area (Å²) in [6, 6.07) is 7.11. The van der Waals surface area contributed by atoms with Crippen molar-refractivity contribution in [2.75, 3.05) is 25.6 Å². The van der Waals surface area contributed by atoms with Crippen LogP contribution >= 0.6 is 11.8 Å². The number of aromatic nitrogens is 3. The van der Waals surface area contributed by atoms with Gasteiger partial charge in [0.2, 0.25) is 0 Å². The van der Waals surface area contributed by atoms with Gasteiger partial charge < -0.3 is 9.47 Å². The number of halogens is 3. The first kappa shape index (κ1) is 19.1. The van der Waals surface area contributed by atoms with E-state index in [2.05, 4.69) is 19.7 Å². The van der Waals surface area contributed by atoms with Crippen molar-refractivity contribution in [3.63, 3.8) is 0 Å². The number of alkyl halides is 3. The van der Waals surface area contributed by atoms with E-state index >= 15 is 0 Å². The number of nitrogens with zero attached hydrogens (tertiary/aromatic N) is 3. The number of hydrogen-bond donors (Lipinski definition) is 0. The summed E-state index contributed by atoms with van der Waals surface area (Å²) in [5.41, 5.74) is 1.29. The van der Waals surface area contributed by atoms with Gasteiger partial charge in [-0.3, -0.25) is 9.78 Å². The molecule has 0 bridgehead atoms. The molecule has 0 amide bonds. The second-order valence-electron chi connectivity index (χ2n) is 4.62. The van der Waals surface area contributed by atoms with E-state index in [0.717, 1.165) is 11.8 Å². The molecule has 2 aromatic heterocycles. The molecule has 2 rings (SSSR count). The third kappa shape index (κ3) is 7.48. The van der Waals surface area contributed by atoms with Crippen LogP contribution in [0.1, 0.15) is 0 Å². The first-order valence-electron chi connectivity index (χ1n) is 7.11. The van der Waals surface area contributed by atoms with Gasteiger partial charge in [-0.05, 0) is 18.2 Å². The average molecular weight is 373 g/mol. The molecular weight excluding hydrogens is 359 g/mol. The van der Waals surface area contributed by atoms with Crippen molar-refractivity contribution >= 4 is 17.7 Å². The number of carbonyl (C=O) groups is 1. The Kier molecular flexibility index (Phi) is 7.14. The number of pyridine rings is 1. The molecule has 25 heavy (non-hydrogen) atoms. The van der Waals surface area contributed by atoms with Crippen LogP contribution < -0.4 is 0 Å². The molecule has 0 atom stereocenters. The van der Waals surface area contributed by atoms with Crippen molar-refractivity contribution in [1.29, 1.82) is 0 Å². The fraction of sp³-hybridized carbons (Fsp3) is 0.333. The molecule has 2 aromatic rings. The lowest BCUT2D eigenvalue weighted by Gasteiger charge is -2.08. The van der Waals surface area contributed by atoms with Crippen LogP contribution in [-0.2, 0) is 14.3 Å². The maximum absolute atomic E-state index is 11.9. The van der Waals surface area contributed by atoms with E-state index in [9.17, 15) is 18.0 Å². The number of esters is 1. The summed E-state index contributed by atoms with van der Waals surface area (Å²) in [5, 5.41) is 0.369. The highest BCUT2D eigenvalue weighted by molar-refractivity contribution is 7.99. The van der Waals surface area contributed by atoms with Gasteiger partial charge in [0, 0.05) is 12.4 Å². The predicted molar refractivity (Wildman–Crippen MR) is 83.8 cm³/mol. The Morgan fingerprint density at radius 2 is 1.92 bits per heavy atom. The van der Waals surface area contributed by atoms with Crippen LogP contribution in [-0.4, -0.2) is 52.7 Å². The van der Waals surface area contributed by atoms with Gasteiger partial charge in [-0.1, -0.05) is 17.8 Å². The normalized spacial score (nSPS) is 11.3. The molecular formula is C15H14F3N3O3S. The zero-order chi connectivity index (χ0) is 18.1. The highest BCUT2D eigenvalue weighted by Crippen LogP contribution is 2.18. The Balaban J connectivity index is 1.73. The second kappa shape index (κ2) is 9.33. The van der Waals surface area contributed by atoms with Crippen LogP contribution in [0, 0.1) is 0 Å². The van der Waals surface area contributed by atoms with Gasteiger partial charge in [0.15, 0.2) is 5.16 Å². The lowest BCUT2D eigenvalue weighted by molar-refractivity contribution is -0.177. The number of thioether (sulfide) groups is 1. The van der Waals surface area contributed by atoms with E-state index in [1.807, 2.05) is 6.07 Å². The smallest absolute Gasteiger partial charge is 0.411 e. The average Bonchev–Trinajstić information content (AvgIpc) is 2.60. The molecule has 0 N–H and O–H groups in total. The Labute approximate surface area is 145 Å². The van der Waals surface area contributed by atoms with Gasteiger partial charge in [-0.15, -0.1) is 0 Å². The first-order valence-corrected chi connectivity index (χ1v) is 8.10. The number of hydrogen-bond acceptors (Lipinski definition) is 7. The third-order valence-electron chi connectivity index (χ3n) is 2.64. The largest absolute Gasteiger partial charge is 0.463 e. The van der Waals surface area contributed by atoms with E-state index in [-0.39, 0.29) is 19.0 Å². The Morgan fingerprint density at radius 1 is 1.08 bits per heavy atom. The van der Waals surface area contributed by atoms with Crippen LogP contribution in [0.4, 0.5) is 13.2 Å². The van der Waals surface area contributed by atoms with Crippen molar-refractivity contribution in [3.05, 3.63) is 36.7 Å². The molecule has 0 aliphatic carbocycles. The molecule has 0 aliphatic heterocycles. The fourth-order valence-electron chi connectivity index (χ4n) is 1.63. The van der Waals surface area contributed by atoms with Crippen LogP contribution in [0.15, 0.2) is 41.8 Å². The minimum atomic E-state index is -4.39. The summed E-state index contributed by atoms with van der Waals surface area (Å²) in [6.45, 7) is -1.93. The van der Waals surface area contributed by atoms with Gasteiger partial charge in [0.05, 0.1) is 23.7 Å². The van der Waals surface area contributed by atoms with E-state index < -0.39 is 18.8 Å². The summed E-state index contributed by atoms with van der Waals surface area (Å²) in [5.74, 6) is -0.655. The lowest BCUT2D eigenvalue weighted by Crippen LogP contribution is -2.20. The molecule has 0 saturated carbocycles. The summed E-state index contributed by atoms with van der Waals surface area (Å²) in [4.78, 5) is 24.0. The first-order chi connectivity index (χ1) is 11.9. The van der Waals surface area contributed by atoms with Crippen LogP contribution in [0.3, 0.4) is 0 Å². The van der Waals surface area contributed by atoms with Crippen molar-refractivity contribution < 1.29 is 27.4 Å². The predicted octanol–water partition coefficient (Wildman–Crippen LogP) is 2.75. The quantitative estimate of drug-likeness (QED) is 0.305. The zero-order valence-electron chi connectivity index (χ0n) is 12.9. The van der Waals surface area contributed by atoms with Crippen molar-refractivity contribution in [1.82, 2.24) is 15.0 Å². The highest BCUT2D eigenvalue weighted by atomic mass is 32.2. The molecule has 0 spiro atoms. The number of carbonyl (C=O) groups excluding carboxylic acids is 1. The lowest BCUT2D eigenvalue weighted by atomic mass is 10.3. The fourth-order valence-corrected chi connectivity index (χ4v) is 2.26. The summed E-state index contributed by atoms with van der Waals surface area (Å²) < 4.78 is 44.7. The minimum Gasteiger partial charge on any atom is -0.463 e.